The quantitative estimate of drug-likeness (QED) is 0.735. The van der Waals surface area contributed by atoms with E-state index in [1.54, 1.807) is 6.07 Å². The second-order valence-corrected chi connectivity index (χ2v) is 5.40. The minimum atomic E-state index is -1.05. The lowest BCUT2D eigenvalue weighted by molar-refractivity contribution is -0.127. The van der Waals surface area contributed by atoms with E-state index < -0.39 is 11.5 Å². The molecule has 1 aromatic heterocycles. The Bertz CT molecular complexity index is 507. The van der Waals surface area contributed by atoms with Crippen molar-refractivity contribution in [2.24, 2.45) is 0 Å². The van der Waals surface area contributed by atoms with Crippen molar-refractivity contribution in [3.05, 3.63) is 29.6 Å². The van der Waals surface area contributed by atoms with Crippen molar-refractivity contribution in [2.45, 2.75) is 44.7 Å². The number of aromatic nitrogens is 1. The zero-order chi connectivity index (χ0) is 15.3. The number of amides is 1. The third-order valence-corrected chi connectivity index (χ3v) is 3.85. The van der Waals surface area contributed by atoms with Gasteiger partial charge in [-0.1, -0.05) is 19.4 Å². The number of carbonyl (C=O) groups is 2. The van der Waals surface area contributed by atoms with Crippen LogP contribution in [0.1, 0.15) is 48.7 Å². The summed E-state index contributed by atoms with van der Waals surface area (Å²) in [5.74, 6) is -1.04. The van der Waals surface area contributed by atoms with Crippen LogP contribution in [0.2, 0.25) is 0 Å². The molecular formula is C15H21N3O3. The van der Waals surface area contributed by atoms with Crippen molar-refractivity contribution in [1.29, 1.82) is 0 Å². The number of rotatable bonds is 6. The Balaban J connectivity index is 1.95. The lowest BCUT2D eigenvalue weighted by atomic mass is 9.91. The number of nitrogens with zero attached hydrogens (tertiary/aromatic N) is 1. The smallest absolute Gasteiger partial charge is 0.354 e. The molecule has 21 heavy (non-hydrogen) atoms. The number of nitrogens with one attached hydrogen (secondary N) is 2. The summed E-state index contributed by atoms with van der Waals surface area (Å²) in [7, 11) is 0. The molecule has 1 aliphatic heterocycles. The van der Waals surface area contributed by atoms with Gasteiger partial charge in [0.25, 0.3) is 0 Å². The van der Waals surface area contributed by atoms with Gasteiger partial charge >= 0.3 is 5.97 Å². The van der Waals surface area contributed by atoms with Crippen LogP contribution in [0.25, 0.3) is 0 Å². The molecule has 1 aliphatic rings. The third kappa shape index (κ3) is 3.58. The fourth-order valence-electron chi connectivity index (χ4n) is 2.76. The van der Waals surface area contributed by atoms with Gasteiger partial charge in [-0.3, -0.25) is 4.79 Å². The molecule has 114 valence electrons. The van der Waals surface area contributed by atoms with Crippen molar-refractivity contribution in [1.82, 2.24) is 15.6 Å². The number of hydrogen-bond acceptors (Lipinski definition) is 4. The first-order valence-electron chi connectivity index (χ1n) is 7.29. The molecule has 0 aliphatic carbocycles. The van der Waals surface area contributed by atoms with E-state index in [9.17, 15) is 9.59 Å². The van der Waals surface area contributed by atoms with Crippen LogP contribution in [0.4, 0.5) is 0 Å². The van der Waals surface area contributed by atoms with E-state index in [1.165, 1.54) is 12.3 Å². The molecule has 1 aromatic rings. The van der Waals surface area contributed by atoms with Crippen LogP contribution in [0.5, 0.6) is 0 Å². The predicted octanol–water partition coefficient (Wildman–Crippen LogP) is 1.32. The van der Waals surface area contributed by atoms with E-state index in [0.29, 0.717) is 6.54 Å². The fraction of sp³-hybridized carbons (Fsp3) is 0.533. The summed E-state index contributed by atoms with van der Waals surface area (Å²) >= 11 is 0. The maximum atomic E-state index is 12.4. The third-order valence-electron chi connectivity index (χ3n) is 3.85. The molecule has 1 fully saturated rings. The minimum Gasteiger partial charge on any atom is -0.477 e. The highest BCUT2D eigenvalue weighted by atomic mass is 16.4. The van der Waals surface area contributed by atoms with Crippen LogP contribution in [-0.2, 0) is 11.3 Å². The molecule has 2 heterocycles. The number of hydrogen-bond donors (Lipinski definition) is 3. The number of carbonyl (C=O) groups excluding carboxylic acids is 1. The topological polar surface area (TPSA) is 91.3 Å². The van der Waals surface area contributed by atoms with Gasteiger partial charge in [0, 0.05) is 12.7 Å². The second-order valence-electron chi connectivity index (χ2n) is 5.40. The summed E-state index contributed by atoms with van der Waals surface area (Å²) in [4.78, 5) is 27.0. The maximum Gasteiger partial charge on any atom is 0.354 e. The number of carboxylic acids is 1. The molecule has 0 spiro atoms. The zero-order valence-electron chi connectivity index (χ0n) is 12.2. The lowest BCUT2D eigenvalue weighted by Gasteiger charge is -2.27. The Labute approximate surface area is 124 Å². The van der Waals surface area contributed by atoms with E-state index in [-0.39, 0.29) is 11.6 Å². The molecule has 6 nitrogen and oxygen atoms in total. The molecule has 0 radical (unpaired) electrons. The first-order valence-corrected chi connectivity index (χ1v) is 7.29. The fourth-order valence-corrected chi connectivity index (χ4v) is 2.76. The first kappa shape index (κ1) is 15.4. The van der Waals surface area contributed by atoms with Crippen molar-refractivity contribution in [2.75, 3.05) is 6.54 Å². The highest BCUT2D eigenvalue weighted by Gasteiger charge is 2.39. The minimum absolute atomic E-state index is 0.00462. The maximum absolute atomic E-state index is 12.4. The Morgan fingerprint density at radius 2 is 2.29 bits per heavy atom. The van der Waals surface area contributed by atoms with Gasteiger partial charge in [-0.25, -0.2) is 9.78 Å². The van der Waals surface area contributed by atoms with Gasteiger partial charge < -0.3 is 15.7 Å². The average molecular weight is 291 g/mol. The van der Waals surface area contributed by atoms with E-state index in [0.717, 1.165) is 37.8 Å². The summed E-state index contributed by atoms with van der Waals surface area (Å²) < 4.78 is 0. The van der Waals surface area contributed by atoms with Crippen LogP contribution < -0.4 is 10.6 Å². The second kappa shape index (κ2) is 6.67. The number of pyridine rings is 1. The van der Waals surface area contributed by atoms with Crippen LogP contribution in [-0.4, -0.2) is 34.1 Å². The van der Waals surface area contributed by atoms with E-state index >= 15 is 0 Å². The molecule has 3 N–H and O–H groups in total. The Hall–Kier alpha value is -1.95. The molecule has 1 saturated heterocycles. The van der Waals surface area contributed by atoms with Crippen molar-refractivity contribution in [3.8, 4) is 0 Å². The monoisotopic (exact) mass is 291 g/mol. The summed E-state index contributed by atoms with van der Waals surface area (Å²) in [5.41, 5.74) is 0.353. The van der Waals surface area contributed by atoms with Crippen LogP contribution in [0, 0.1) is 0 Å². The highest BCUT2D eigenvalue weighted by molar-refractivity contribution is 5.87. The number of carboxylic acid groups (broad SMARTS) is 1. The van der Waals surface area contributed by atoms with Crippen LogP contribution in [0.15, 0.2) is 18.3 Å². The summed E-state index contributed by atoms with van der Waals surface area (Å²) in [6, 6.07) is 3.12. The van der Waals surface area contributed by atoms with Crippen LogP contribution >= 0.6 is 0 Å². The van der Waals surface area contributed by atoms with Gasteiger partial charge in [0.05, 0.1) is 5.54 Å². The average Bonchev–Trinajstić information content (AvgIpc) is 2.95. The van der Waals surface area contributed by atoms with Gasteiger partial charge in [0.1, 0.15) is 5.69 Å². The Kier molecular flexibility index (Phi) is 4.90. The Morgan fingerprint density at radius 1 is 1.48 bits per heavy atom. The van der Waals surface area contributed by atoms with Gasteiger partial charge in [-0.15, -0.1) is 0 Å². The Morgan fingerprint density at radius 3 is 2.81 bits per heavy atom. The van der Waals surface area contributed by atoms with Crippen molar-refractivity contribution >= 4 is 11.9 Å². The molecule has 2 rings (SSSR count). The molecular weight excluding hydrogens is 270 g/mol. The normalized spacial score (nSPS) is 21.2. The molecule has 1 amide bonds. The first-order chi connectivity index (χ1) is 10.1. The van der Waals surface area contributed by atoms with E-state index in [1.807, 2.05) is 0 Å². The lowest BCUT2D eigenvalue weighted by Crippen LogP contribution is -2.53. The molecule has 1 atom stereocenters. The SMILES string of the molecule is CCCC1(C(=O)NCc2ccc(C(=O)O)nc2)CCCN1. The summed E-state index contributed by atoms with van der Waals surface area (Å²) in [5, 5.41) is 15.0. The predicted molar refractivity (Wildman–Crippen MR) is 77.9 cm³/mol. The molecule has 0 aromatic carbocycles. The van der Waals surface area contributed by atoms with Crippen LogP contribution in [0.3, 0.4) is 0 Å². The molecule has 0 bridgehead atoms. The van der Waals surface area contributed by atoms with Crippen molar-refractivity contribution in [3.63, 3.8) is 0 Å². The van der Waals surface area contributed by atoms with Crippen molar-refractivity contribution < 1.29 is 14.7 Å². The van der Waals surface area contributed by atoms with Gasteiger partial charge in [0.2, 0.25) is 5.91 Å². The summed E-state index contributed by atoms with van der Waals surface area (Å²) in [6.45, 7) is 3.31. The van der Waals surface area contributed by atoms with E-state index in [2.05, 4.69) is 22.5 Å². The van der Waals surface area contributed by atoms with E-state index in [4.69, 9.17) is 5.11 Å². The molecule has 0 saturated carbocycles. The molecule has 1 unspecified atom stereocenters. The molecule has 6 heteroatoms. The van der Waals surface area contributed by atoms with Gasteiger partial charge in [0.15, 0.2) is 0 Å². The van der Waals surface area contributed by atoms with Gasteiger partial charge in [-0.2, -0.15) is 0 Å². The van der Waals surface area contributed by atoms with Gasteiger partial charge in [-0.05, 0) is 37.4 Å². The summed E-state index contributed by atoms with van der Waals surface area (Å²) in [6.07, 6.45) is 5.15. The zero-order valence-corrected chi connectivity index (χ0v) is 12.2. The largest absolute Gasteiger partial charge is 0.477 e. The highest BCUT2D eigenvalue weighted by Crippen LogP contribution is 2.25. The standard InChI is InChI=1S/C15H21N3O3/c1-2-6-15(7-3-8-18-15)14(21)17-10-11-4-5-12(13(19)20)16-9-11/h4-5,9,18H,2-3,6-8,10H2,1H3,(H,17,21)(H,19,20). The number of aromatic carboxylic acids is 1.